The van der Waals surface area contributed by atoms with Gasteiger partial charge in [-0.3, -0.25) is 4.90 Å². The molecule has 1 atom stereocenters. The van der Waals surface area contributed by atoms with Crippen molar-refractivity contribution in [3.05, 3.63) is 35.6 Å². The molecule has 1 heterocycles. The molecule has 1 aliphatic heterocycles. The number of aliphatic hydroxyl groups is 1. The minimum atomic E-state index is -0.782. The third kappa shape index (κ3) is 4.95. The maximum absolute atomic E-state index is 14.3. The molecular weight excluding hydrogens is 333 g/mol. The van der Waals surface area contributed by atoms with Gasteiger partial charge in [-0.2, -0.15) is 0 Å². The van der Waals surface area contributed by atoms with Crippen LogP contribution in [0.1, 0.15) is 56.6 Å². The second-order valence-electron chi connectivity index (χ2n) is 7.63. The van der Waals surface area contributed by atoms with E-state index in [1.54, 1.807) is 12.1 Å². The number of hydrogen-bond donors (Lipinski definition) is 3. The van der Waals surface area contributed by atoms with Gasteiger partial charge in [-0.1, -0.05) is 37.5 Å². The van der Waals surface area contributed by atoms with Gasteiger partial charge in [-0.05, 0) is 44.8 Å². The summed E-state index contributed by atoms with van der Waals surface area (Å²) in [6.45, 7) is 2.46. The molecule has 26 heavy (non-hydrogen) atoms. The predicted molar refractivity (Wildman–Crippen MR) is 99.4 cm³/mol. The molecule has 2 fully saturated rings. The lowest BCUT2D eigenvalue weighted by Crippen LogP contribution is -2.48. The standard InChI is InChI=1S/C20H30FN3O2/c21-17-9-3-2-8-16(17)18(24-12-6-7-13-24)14-22-19(25)23-15-20(26)10-4-1-5-11-20/h2-3,8-9,18,26H,1,4-7,10-15H2,(H2,22,23,25)/t18-/m0/s1. The van der Waals surface area contributed by atoms with E-state index in [4.69, 9.17) is 0 Å². The zero-order chi connectivity index (χ0) is 18.4. The van der Waals surface area contributed by atoms with Crippen LogP contribution in [-0.2, 0) is 0 Å². The molecule has 0 spiro atoms. The van der Waals surface area contributed by atoms with E-state index in [0.29, 0.717) is 12.1 Å². The lowest BCUT2D eigenvalue weighted by atomic mass is 9.85. The number of nitrogens with one attached hydrogen (secondary N) is 2. The van der Waals surface area contributed by atoms with Gasteiger partial charge in [0.15, 0.2) is 0 Å². The minimum Gasteiger partial charge on any atom is -0.388 e. The molecule has 0 radical (unpaired) electrons. The van der Waals surface area contributed by atoms with Crippen LogP contribution in [0.2, 0.25) is 0 Å². The fourth-order valence-corrected chi connectivity index (χ4v) is 4.12. The van der Waals surface area contributed by atoms with Crippen LogP contribution >= 0.6 is 0 Å². The van der Waals surface area contributed by atoms with Crippen molar-refractivity contribution in [2.75, 3.05) is 26.2 Å². The van der Waals surface area contributed by atoms with E-state index in [2.05, 4.69) is 15.5 Å². The summed E-state index contributed by atoms with van der Waals surface area (Å²) in [7, 11) is 0. The Morgan fingerprint density at radius 2 is 1.81 bits per heavy atom. The van der Waals surface area contributed by atoms with E-state index in [1.165, 1.54) is 6.07 Å². The second kappa shape index (κ2) is 8.82. The number of halogens is 1. The average Bonchev–Trinajstić information content (AvgIpc) is 3.17. The van der Waals surface area contributed by atoms with Crippen molar-refractivity contribution in [1.82, 2.24) is 15.5 Å². The number of amides is 2. The first-order valence-electron chi connectivity index (χ1n) is 9.80. The molecule has 2 aliphatic rings. The summed E-state index contributed by atoms with van der Waals surface area (Å²) < 4.78 is 14.3. The van der Waals surface area contributed by atoms with Gasteiger partial charge in [0.05, 0.1) is 11.6 Å². The molecule has 144 valence electrons. The molecule has 0 bridgehead atoms. The van der Waals surface area contributed by atoms with Gasteiger partial charge >= 0.3 is 6.03 Å². The predicted octanol–water partition coefficient (Wildman–Crippen LogP) is 2.96. The van der Waals surface area contributed by atoms with Crippen LogP contribution in [0.25, 0.3) is 0 Å². The van der Waals surface area contributed by atoms with Crippen LogP contribution in [-0.4, -0.2) is 47.8 Å². The van der Waals surface area contributed by atoms with Crippen LogP contribution < -0.4 is 10.6 Å². The van der Waals surface area contributed by atoms with Crippen molar-refractivity contribution in [1.29, 1.82) is 0 Å². The highest BCUT2D eigenvalue weighted by molar-refractivity contribution is 5.74. The molecule has 5 nitrogen and oxygen atoms in total. The first-order valence-corrected chi connectivity index (χ1v) is 9.80. The van der Waals surface area contributed by atoms with Crippen molar-refractivity contribution in [3.8, 4) is 0 Å². The van der Waals surface area contributed by atoms with Gasteiger partial charge in [0.1, 0.15) is 5.82 Å². The van der Waals surface area contributed by atoms with E-state index in [1.807, 2.05) is 6.07 Å². The number of nitrogens with zero attached hydrogens (tertiary/aromatic N) is 1. The maximum Gasteiger partial charge on any atom is 0.314 e. The SMILES string of the molecule is O=C(NC[C@@H](c1ccccc1F)N1CCCC1)NCC1(O)CCCCC1. The van der Waals surface area contributed by atoms with Crippen LogP contribution in [0.5, 0.6) is 0 Å². The molecule has 3 N–H and O–H groups in total. The zero-order valence-electron chi connectivity index (χ0n) is 15.3. The molecule has 0 unspecified atom stereocenters. The summed E-state index contributed by atoms with van der Waals surface area (Å²) in [6.07, 6.45) is 6.83. The molecule has 1 saturated heterocycles. The third-order valence-corrected chi connectivity index (χ3v) is 5.66. The Hall–Kier alpha value is -1.66. The normalized spacial score (nSPS) is 21.3. The van der Waals surface area contributed by atoms with Gasteiger partial charge in [0, 0.05) is 18.7 Å². The molecule has 1 aliphatic carbocycles. The number of benzene rings is 1. The Kier molecular flexibility index (Phi) is 6.48. The smallest absolute Gasteiger partial charge is 0.314 e. The number of likely N-dealkylation sites (tertiary alicyclic amines) is 1. The van der Waals surface area contributed by atoms with E-state index in [0.717, 1.165) is 58.0 Å². The fraction of sp³-hybridized carbons (Fsp3) is 0.650. The van der Waals surface area contributed by atoms with Gasteiger partial charge in [-0.15, -0.1) is 0 Å². The van der Waals surface area contributed by atoms with Gasteiger partial charge in [0.2, 0.25) is 0 Å². The Balaban J connectivity index is 1.55. The Bertz CT molecular complexity index is 598. The van der Waals surface area contributed by atoms with Crippen molar-refractivity contribution >= 4 is 6.03 Å². The minimum absolute atomic E-state index is 0.165. The highest BCUT2D eigenvalue weighted by atomic mass is 19.1. The molecule has 1 saturated carbocycles. The molecule has 6 heteroatoms. The average molecular weight is 363 g/mol. The first kappa shape index (κ1) is 19.1. The summed E-state index contributed by atoms with van der Waals surface area (Å²) in [5.41, 5.74) is -0.157. The van der Waals surface area contributed by atoms with Crippen molar-refractivity contribution in [3.63, 3.8) is 0 Å². The fourth-order valence-electron chi connectivity index (χ4n) is 4.12. The Morgan fingerprint density at radius 3 is 2.50 bits per heavy atom. The largest absolute Gasteiger partial charge is 0.388 e. The summed E-state index contributed by atoms with van der Waals surface area (Å²) in [5.74, 6) is -0.233. The van der Waals surface area contributed by atoms with Crippen LogP contribution in [0.4, 0.5) is 9.18 Å². The summed E-state index contributed by atoms with van der Waals surface area (Å²) >= 11 is 0. The highest BCUT2D eigenvalue weighted by Gasteiger charge is 2.30. The highest BCUT2D eigenvalue weighted by Crippen LogP contribution is 2.28. The quantitative estimate of drug-likeness (QED) is 0.728. The lowest BCUT2D eigenvalue weighted by molar-refractivity contribution is 0.00716. The van der Waals surface area contributed by atoms with Crippen molar-refractivity contribution in [2.24, 2.45) is 0 Å². The Morgan fingerprint density at radius 1 is 1.12 bits per heavy atom. The number of urea groups is 1. The molecular formula is C20H30FN3O2. The van der Waals surface area contributed by atoms with E-state index in [9.17, 15) is 14.3 Å². The van der Waals surface area contributed by atoms with Crippen LogP contribution in [0.3, 0.4) is 0 Å². The summed E-state index contributed by atoms with van der Waals surface area (Å²) in [5, 5.41) is 16.1. The van der Waals surface area contributed by atoms with E-state index < -0.39 is 5.60 Å². The first-order chi connectivity index (χ1) is 12.6. The molecule has 1 aromatic rings. The van der Waals surface area contributed by atoms with Gasteiger partial charge < -0.3 is 15.7 Å². The topological polar surface area (TPSA) is 64.6 Å². The molecule has 1 aromatic carbocycles. The zero-order valence-corrected chi connectivity index (χ0v) is 15.3. The van der Waals surface area contributed by atoms with Crippen molar-refractivity contribution < 1.29 is 14.3 Å². The monoisotopic (exact) mass is 363 g/mol. The number of carbonyl (C=O) groups is 1. The van der Waals surface area contributed by atoms with Gasteiger partial charge in [-0.25, -0.2) is 9.18 Å². The van der Waals surface area contributed by atoms with E-state index in [-0.39, 0.29) is 24.4 Å². The van der Waals surface area contributed by atoms with Crippen LogP contribution in [0, 0.1) is 5.82 Å². The number of hydrogen-bond acceptors (Lipinski definition) is 3. The maximum atomic E-state index is 14.3. The lowest BCUT2D eigenvalue weighted by Gasteiger charge is -2.32. The number of rotatable bonds is 6. The van der Waals surface area contributed by atoms with Crippen molar-refractivity contribution in [2.45, 2.75) is 56.6 Å². The molecule has 0 aromatic heterocycles. The van der Waals surface area contributed by atoms with Gasteiger partial charge in [0.25, 0.3) is 0 Å². The second-order valence-corrected chi connectivity index (χ2v) is 7.63. The number of carbonyl (C=O) groups excluding carboxylic acids is 1. The molecule has 3 rings (SSSR count). The summed E-state index contributed by atoms with van der Waals surface area (Å²) in [6, 6.07) is 6.32. The molecule has 2 amide bonds. The summed E-state index contributed by atoms with van der Waals surface area (Å²) in [4.78, 5) is 14.4. The van der Waals surface area contributed by atoms with E-state index >= 15 is 0 Å². The Labute approximate surface area is 155 Å². The van der Waals surface area contributed by atoms with Crippen LogP contribution in [0.15, 0.2) is 24.3 Å². The third-order valence-electron chi connectivity index (χ3n) is 5.66.